The third kappa shape index (κ3) is 635. The summed E-state index contributed by atoms with van der Waals surface area (Å²) < 4.78 is 39.0. The van der Waals surface area contributed by atoms with Crippen molar-refractivity contribution < 1.29 is 17.3 Å². The standard InChI is InChI=1S/CH3.BF4/c;2-1(3,4)5/h1H3;/q2*-1. The molecule has 0 nitrogen and oxygen atoms in total. The second-order valence-corrected chi connectivity index (χ2v) is 0.495. The van der Waals surface area contributed by atoms with Gasteiger partial charge in [0.15, 0.2) is 0 Å². The highest BCUT2D eigenvalue weighted by Gasteiger charge is 2.20. The summed E-state index contributed by atoms with van der Waals surface area (Å²) in [4.78, 5) is 0. The average molecular weight is 102 g/mol. The topological polar surface area (TPSA) is 0 Å². The lowest BCUT2D eigenvalue weighted by Crippen LogP contribution is -2.02. The van der Waals surface area contributed by atoms with Crippen LogP contribution in [0.1, 0.15) is 0 Å². The van der Waals surface area contributed by atoms with Crippen LogP contribution in [0.15, 0.2) is 0 Å². The summed E-state index contributed by atoms with van der Waals surface area (Å²) in [5.41, 5.74) is 0. The van der Waals surface area contributed by atoms with E-state index in [1.807, 2.05) is 0 Å². The summed E-state index contributed by atoms with van der Waals surface area (Å²) in [5.74, 6) is 0. The van der Waals surface area contributed by atoms with E-state index in [-0.39, 0.29) is 7.43 Å². The zero-order chi connectivity index (χ0) is 4.50. The minimum atomic E-state index is -6.00. The average Bonchev–Trinajstić information content (AvgIpc) is 0.722. The Labute approximate surface area is 33.3 Å². The maximum Gasteiger partial charge on any atom is 0.673 e. The fourth-order valence-electron chi connectivity index (χ4n) is 0. The first kappa shape index (κ1) is 9.25. The van der Waals surface area contributed by atoms with Gasteiger partial charge in [-0.3, -0.25) is 0 Å². The fourth-order valence-corrected chi connectivity index (χ4v) is 0. The molecule has 0 radical (unpaired) electrons. The minimum absolute atomic E-state index is 0. The summed E-state index contributed by atoms with van der Waals surface area (Å²) >= 11 is 0. The fraction of sp³-hybridized carbons (Fsp3) is 0. The normalized spacial score (nSPS) is 10.0. The minimum Gasteiger partial charge on any atom is -0.418 e. The van der Waals surface area contributed by atoms with E-state index in [1.54, 1.807) is 0 Å². The molecular weight excluding hydrogens is 98.8 g/mol. The van der Waals surface area contributed by atoms with E-state index in [9.17, 15) is 17.3 Å². The molecule has 6 heavy (non-hydrogen) atoms. The van der Waals surface area contributed by atoms with Gasteiger partial charge < -0.3 is 24.7 Å². The maximum absolute atomic E-state index is 9.75. The van der Waals surface area contributed by atoms with Crippen molar-refractivity contribution in [3.8, 4) is 0 Å². The van der Waals surface area contributed by atoms with Gasteiger partial charge in [0.25, 0.3) is 0 Å². The van der Waals surface area contributed by atoms with Crippen LogP contribution >= 0.6 is 0 Å². The molecule has 0 aromatic rings. The molecule has 0 unspecified atom stereocenters. The van der Waals surface area contributed by atoms with Crippen molar-refractivity contribution in [1.82, 2.24) is 0 Å². The third-order valence-electron chi connectivity index (χ3n) is 0. The van der Waals surface area contributed by atoms with E-state index in [2.05, 4.69) is 0 Å². The van der Waals surface area contributed by atoms with Crippen molar-refractivity contribution in [1.29, 1.82) is 0 Å². The first-order valence-corrected chi connectivity index (χ1v) is 0.873. The Morgan fingerprint density at radius 3 is 0.833 bits per heavy atom. The molecule has 0 aliphatic heterocycles. The lowest BCUT2D eigenvalue weighted by molar-refractivity contribution is 0.368. The number of hydrogen-bond donors (Lipinski definition) is 0. The first-order chi connectivity index (χ1) is 2.00. The Morgan fingerprint density at radius 1 is 0.833 bits per heavy atom. The molecule has 0 aromatic heterocycles. The highest BCUT2D eigenvalue weighted by molar-refractivity contribution is 6.50. The molecule has 0 saturated carbocycles. The zero-order valence-electron chi connectivity index (χ0n) is 3.09. The molecule has 5 heteroatoms. The Kier molecular flexibility index (Phi) is 3.16. The Morgan fingerprint density at radius 2 is 0.833 bits per heavy atom. The van der Waals surface area contributed by atoms with E-state index < -0.39 is 7.25 Å². The molecule has 0 saturated heterocycles. The summed E-state index contributed by atoms with van der Waals surface area (Å²) in [6, 6.07) is 0. The van der Waals surface area contributed by atoms with Gasteiger partial charge in [0, 0.05) is 0 Å². The quantitative estimate of drug-likeness (QED) is 0.248. The van der Waals surface area contributed by atoms with Crippen molar-refractivity contribution in [3.05, 3.63) is 7.43 Å². The Hall–Kier alpha value is -0.215. The smallest absolute Gasteiger partial charge is 0.418 e. The van der Waals surface area contributed by atoms with Gasteiger partial charge in [0.05, 0.1) is 0 Å². The van der Waals surface area contributed by atoms with Crippen molar-refractivity contribution in [2.45, 2.75) is 0 Å². The molecule has 0 amide bonds. The van der Waals surface area contributed by atoms with Crippen LogP contribution in [0.2, 0.25) is 0 Å². The van der Waals surface area contributed by atoms with Gasteiger partial charge in [-0.05, 0) is 0 Å². The highest BCUT2D eigenvalue weighted by Crippen LogP contribution is 2.06. The monoisotopic (exact) mass is 102 g/mol. The molecule has 0 rings (SSSR count). The lowest BCUT2D eigenvalue weighted by atomic mass is 10.3. The third-order valence-corrected chi connectivity index (χ3v) is 0. The lowest BCUT2D eigenvalue weighted by Gasteiger charge is -1.94. The van der Waals surface area contributed by atoms with E-state index in [4.69, 9.17) is 0 Å². The number of halogens is 4. The molecule has 0 bridgehead atoms. The van der Waals surface area contributed by atoms with Gasteiger partial charge in [-0.2, -0.15) is 0 Å². The molecule has 0 N–H and O–H groups in total. The summed E-state index contributed by atoms with van der Waals surface area (Å²) in [6.45, 7) is 0. The molecule has 0 aliphatic carbocycles. The van der Waals surface area contributed by atoms with Gasteiger partial charge in [-0.25, -0.2) is 0 Å². The molecule has 40 valence electrons. The first-order valence-electron chi connectivity index (χ1n) is 0.873. The molecule has 0 aromatic carbocycles. The van der Waals surface area contributed by atoms with Crippen LogP contribution in [0.4, 0.5) is 17.3 Å². The van der Waals surface area contributed by atoms with Crippen molar-refractivity contribution in [2.24, 2.45) is 0 Å². The predicted molar refractivity (Wildman–Crippen MR) is 16.6 cm³/mol. The van der Waals surface area contributed by atoms with Gasteiger partial charge in [-0.15, -0.1) is 0 Å². The van der Waals surface area contributed by atoms with Crippen LogP contribution in [0.5, 0.6) is 0 Å². The van der Waals surface area contributed by atoms with Crippen LogP contribution in [-0.2, 0) is 0 Å². The molecule has 0 fully saturated rings. The highest BCUT2D eigenvalue weighted by atomic mass is 19.5. The molecular formula is CH3BF4-2. The van der Waals surface area contributed by atoms with Crippen LogP contribution in [0.25, 0.3) is 0 Å². The second kappa shape index (κ2) is 2.05. The Bertz CT molecular complexity index is 23.0. The SMILES string of the molecule is F[B-](F)(F)F.[CH3-]. The second-order valence-electron chi connectivity index (χ2n) is 0.495. The van der Waals surface area contributed by atoms with Crippen LogP contribution in [0, 0.1) is 7.43 Å². The van der Waals surface area contributed by atoms with Crippen LogP contribution in [-0.4, -0.2) is 7.25 Å². The number of rotatable bonds is 0. The van der Waals surface area contributed by atoms with E-state index in [1.165, 1.54) is 0 Å². The van der Waals surface area contributed by atoms with Gasteiger partial charge in [0.1, 0.15) is 0 Å². The molecule has 0 aliphatic rings. The zero-order valence-corrected chi connectivity index (χ0v) is 3.09. The van der Waals surface area contributed by atoms with E-state index in [0.717, 1.165) is 0 Å². The summed E-state index contributed by atoms with van der Waals surface area (Å²) in [5, 5.41) is 0. The number of hydrogen-bond acceptors (Lipinski definition) is 0. The van der Waals surface area contributed by atoms with Crippen LogP contribution in [0.3, 0.4) is 0 Å². The van der Waals surface area contributed by atoms with Crippen molar-refractivity contribution >= 4 is 7.25 Å². The Balaban J connectivity index is 0. The van der Waals surface area contributed by atoms with Crippen molar-refractivity contribution in [3.63, 3.8) is 0 Å². The molecule has 0 heterocycles. The maximum atomic E-state index is 9.75. The van der Waals surface area contributed by atoms with E-state index in [0.29, 0.717) is 0 Å². The molecule has 0 spiro atoms. The predicted octanol–water partition coefficient (Wildman–Crippen LogP) is 1.75. The van der Waals surface area contributed by atoms with Crippen molar-refractivity contribution in [2.75, 3.05) is 0 Å². The van der Waals surface area contributed by atoms with Gasteiger partial charge in [-0.1, -0.05) is 0 Å². The summed E-state index contributed by atoms with van der Waals surface area (Å²) in [6.07, 6.45) is 0. The van der Waals surface area contributed by atoms with Gasteiger partial charge in [0.2, 0.25) is 0 Å². The van der Waals surface area contributed by atoms with Gasteiger partial charge >= 0.3 is 7.25 Å². The largest absolute Gasteiger partial charge is 0.673 e. The van der Waals surface area contributed by atoms with Crippen LogP contribution < -0.4 is 0 Å². The summed E-state index contributed by atoms with van der Waals surface area (Å²) in [7, 11) is -6.00. The van der Waals surface area contributed by atoms with E-state index >= 15 is 0 Å². The molecule has 0 atom stereocenters.